The highest BCUT2D eigenvalue weighted by Gasteiger charge is 2.26. The number of carbonyl (C=O) groups is 1. The Bertz CT molecular complexity index is 415. The lowest BCUT2D eigenvalue weighted by atomic mass is 10.2. The van der Waals surface area contributed by atoms with E-state index in [1.54, 1.807) is 11.9 Å². The molecule has 1 saturated carbocycles. The zero-order chi connectivity index (χ0) is 11.7. The molecule has 4 heteroatoms. The van der Waals surface area contributed by atoms with Crippen molar-refractivity contribution in [1.29, 1.82) is 0 Å². The lowest BCUT2D eigenvalue weighted by Gasteiger charge is -2.19. The van der Waals surface area contributed by atoms with Crippen LogP contribution in [0.15, 0.2) is 22.7 Å². The summed E-state index contributed by atoms with van der Waals surface area (Å²) < 4.78 is 0.928. The Hall–Kier alpha value is -1.03. The van der Waals surface area contributed by atoms with Crippen LogP contribution in [0, 0.1) is 5.92 Å². The van der Waals surface area contributed by atoms with E-state index in [0.29, 0.717) is 18.0 Å². The van der Waals surface area contributed by atoms with Gasteiger partial charge < -0.3 is 10.6 Å². The van der Waals surface area contributed by atoms with Gasteiger partial charge in [-0.1, -0.05) is 15.9 Å². The number of nitrogens with zero attached hydrogens (tertiary/aromatic N) is 1. The minimum atomic E-state index is 0.150. The molecule has 1 aromatic rings. The van der Waals surface area contributed by atoms with E-state index in [1.807, 2.05) is 18.2 Å². The Kier molecular flexibility index (Phi) is 3.19. The molecule has 3 nitrogen and oxygen atoms in total. The van der Waals surface area contributed by atoms with Crippen LogP contribution in [-0.4, -0.2) is 13.0 Å². The lowest BCUT2D eigenvalue weighted by Crippen LogP contribution is -2.27. The Balaban J connectivity index is 2.12. The smallest absolute Gasteiger partial charge is 0.227 e. The van der Waals surface area contributed by atoms with Crippen molar-refractivity contribution in [2.75, 3.05) is 17.7 Å². The zero-order valence-corrected chi connectivity index (χ0v) is 10.8. The van der Waals surface area contributed by atoms with Gasteiger partial charge >= 0.3 is 0 Å². The van der Waals surface area contributed by atoms with Gasteiger partial charge in [0.2, 0.25) is 5.91 Å². The molecule has 0 aromatic heterocycles. The van der Waals surface area contributed by atoms with Gasteiger partial charge in [-0.25, -0.2) is 0 Å². The summed E-state index contributed by atoms with van der Waals surface area (Å²) in [6, 6.07) is 5.58. The minimum Gasteiger partial charge on any atom is -0.397 e. The molecule has 0 aliphatic heterocycles. The lowest BCUT2D eigenvalue weighted by molar-refractivity contribution is -0.118. The average molecular weight is 283 g/mol. The fourth-order valence-electron chi connectivity index (χ4n) is 1.67. The van der Waals surface area contributed by atoms with Gasteiger partial charge in [-0.2, -0.15) is 0 Å². The first-order valence-electron chi connectivity index (χ1n) is 5.39. The molecule has 0 unspecified atom stereocenters. The van der Waals surface area contributed by atoms with E-state index in [-0.39, 0.29) is 5.91 Å². The molecule has 0 saturated heterocycles. The third-order valence-corrected chi connectivity index (χ3v) is 3.38. The summed E-state index contributed by atoms with van der Waals surface area (Å²) in [5, 5.41) is 0. The number of nitrogens with two attached hydrogens (primary N) is 1. The molecular weight excluding hydrogens is 268 g/mol. The third-order valence-electron chi connectivity index (χ3n) is 2.89. The fraction of sp³-hybridized carbons (Fsp3) is 0.417. The highest BCUT2D eigenvalue weighted by Crippen LogP contribution is 2.34. The average Bonchev–Trinajstić information content (AvgIpc) is 3.00. The predicted octanol–water partition coefficient (Wildman–Crippen LogP) is 2.79. The monoisotopic (exact) mass is 282 g/mol. The van der Waals surface area contributed by atoms with Crippen molar-refractivity contribution < 1.29 is 4.79 Å². The normalized spacial score (nSPS) is 14.9. The second kappa shape index (κ2) is 4.45. The van der Waals surface area contributed by atoms with Gasteiger partial charge in [0.1, 0.15) is 0 Å². The molecule has 1 aliphatic rings. The number of nitrogen functional groups attached to an aromatic ring is 1. The van der Waals surface area contributed by atoms with Gasteiger partial charge in [0.05, 0.1) is 11.4 Å². The number of carbonyl (C=O) groups excluding carboxylic acids is 1. The molecule has 1 aromatic carbocycles. The van der Waals surface area contributed by atoms with Crippen LogP contribution in [0.1, 0.15) is 19.3 Å². The Morgan fingerprint density at radius 3 is 2.81 bits per heavy atom. The number of rotatable bonds is 3. The standard InChI is InChI=1S/C12H15BrN2O/c1-15(12(16)6-8-2-3-8)11-5-4-9(13)7-10(11)14/h4-5,7-8H,2-3,6,14H2,1H3. The number of benzene rings is 1. The Labute approximate surface area is 104 Å². The maximum absolute atomic E-state index is 11.9. The SMILES string of the molecule is CN(C(=O)CC1CC1)c1ccc(Br)cc1N. The molecule has 0 radical (unpaired) electrons. The molecular formula is C12H15BrN2O. The largest absolute Gasteiger partial charge is 0.397 e. The van der Waals surface area contributed by atoms with Gasteiger partial charge in [-0.05, 0) is 37.0 Å². The Morgan fingerprint density at radius 1 is 1.56 bits per heavy atom. The highest BCUT2D eigenvalue weighted by atomic mass is 79.9. The second-order valence-electron chi connectivity index (χ2n) is 4.30. The van der Waals surface area contributed by atoms with Gasteiger partial charge in [-0.15, -0.1) is 0 Å². The van der Waals surface area contributed by atoms with Gasteiger partial charge in [0, 0.05) is 17.9 Å². The molecule has 0 heterocycles. The van der Waals surface area contributed by atoms with Crippen molar-refractivity contribution in [2.45, 2.75) is 19.3 Å². The van der Waals surface area contributed by atoms with Crippen LogP contribution in [0.2, 0.25) is 0 Å². The quantitative estimate of drug-likeness (QED) is 0.867. The Morgan fingerprint density at radius 2 is 2.25 bits per heavy atom. The number of hydrogen-bond acceptors (Lipinski definition) is 2. The van der Waals surface area contributed by atoms with Crippen molar-refractivity contribution in [3.05, 3.63) is 22.7 Å². The minimum absolute atomic E-state index is 0.150. The maximum atomic E-state index is 11.9. The first-order valence-corrected chi connectivity index (χ1v) is 6.19. The van der Waals surface area contributed by atoms with Crippen molar-refractivity contribution in [1.82, 2.24) is 0 Å². The van der Waals surface area contributed by atoms with E-state index in [4.69, 9.17) is 5.73 Å². The van der Waals surface area contributed by atoms with Crippen molar-refractivity contribution in [3.8, 4) is 0 Å². The third kappa shape index (κ3) is 2.55. The van der Waals surface area contributed by atoms with E-state index < -0.39 is 0 Å². The zero-order valence-electron chi connectivity index (χ0n) is 9.24. The summed E-state index contributed by atoms with van der Waals surface area (Å²) in [5.74, 6) is 0.753. The van der Waals surface area contributed by atoms with Gasteiger partial charge in [0.25, 0.3) is 0 Å². The summed E-state index contributed by atoms with van der Waals surface area (Å²) in [6.45, 7) is 0. The van der Waals surface area contributed by atoms with E-state index in [1.165, 1.54) is 12.8 Å². The summed E-state index contributed by atoms with van der Waals surface area (Å²) >= 11 is 3.35. The van der Waals surface area contributed by atoms with Crippen molar-refractivity contribution >= 4 is 33.2 Å². The molecule has 0 bridgehead atoms. The van der Waals surface area contributed by atoms with Crippen LogP contribution in [0.3, 0.4) is 0 Å². The molecule has 16 heavy (non-hydrogen) atoms. The summed E-state index contributed by atoms with van der Waals surface area (Å²) in [6.07, 6.45) is 3.02. The van der Waals surface area contributed by atoms with Gasteiger partial charge in [0.15, 0.2) is 0 Å². The molecule has 0 atom stereocenters. The summed E-state index contributed by atoms with van der Waals surface area (Å²) in [4.78, 5) is 13.5. The summed E-state index contributed by atoms with van der Waals surface area (Å²) in [7, 11) is 1.78. The van der Waals surface area contributed by atoms with E-state index in [9.17, 15) is 4.79 Å². The second-order valence-corrected chi connectivity index (χ2v) is 5.22. The van der Waals surface area contributed by atoms with E-state index in [2.05, 4.69) is 15.9 Å². The first-order chi connectivity index (χ1) is 7.58. The highest BCUT2D eigenvalue weighted by molar-refractivity contribution is 9.10. The van der Waals surface area contributed by atoms with Crippen LogP contribution in [0.4, 0.5) is 11.4 Å². The molecule has 2 N–H and O–H groups in total. The molecule has 1 aliphatic carbocycles. The van der Waals surface area contributed by atoms with Crippen LogP contribution >= 0.6 is 15.9 Å². The first kappa shape index (κ1) is 11.5. The number of anilines is 2. The van der Waals surface area contributed by atoms with E-state index in [0.717, 1.165) is 10.2 Å². The van der Waals surface area contributed by atoms with Crippen LogP contribution in [-0.2, 0) is 4.79 Å². The molecule has 86 valence electrons. The molecule has 1 fully saturated rings. The maximum Gasteiger partial charge on any atom is 0.227 e. The summed E-state index contributed by atoms with van der Waals surface area (Å²) in [5.41, 5.74) is 7.29. The number of hydrogen-bond donors (Lipinski definition) is 1. The number of halogens is 1. The number of amides is 1. The molecule has 0 spiro atoms. The van der Waals surface area contributed by atoms with Crippen LogP contribution in [0.5, 0.6) is 0 Å². The molecule has 1 amide bonds. The van der Waals surface area contributed by atoms with Gasteiger partial charge in [-0.3, -0.25) is 4.79 Å². The van der Waals surface area contributed by atoms with Crippen LogP contribution in [0.25, 0.3) is 0 Å². The predicted molar refractivity (Wildman–Crippen MR) is 69.3 cm³/mol. The van der Waals surface area contributed by atoms with Crippen molar-refractivity contribution in [3.63, 3.8) is 0 Å². The topological polar surface area (TPSA) is 46.3 Å². The fourth-order valence-corrected chi connectivity index (χ4v) is 2.05. The molecule has 2 rings (SSSR count). The van der Waals surface area contributed by atoms with Crippen LogP contribution < -0.4 is 10.6 Å². The van der Waals surface area contributed by atoms with E-state index >= 15 is 0 Å². The van der Waals surface area contributed by atoms with Crippen molar-refractivity contribution in [2.24, 2.45) is 5.92 Å².